The average molecular weight is 156 g/mol. The van der Waals surface area contributed by atoms with Crippen molar-refractivity contribution in [3.05, 3.63) is 24.3 Å². The predicted octanol–water partition coefficient (Wildman–Crippen LogP) is 0.560. The van der Waals surface area contributed by atoms with Crippen LogP contribution in [-0.4, -0.2) is 22.8 Å². The van der Waals surface area contributed by atoms with E-state index in [0.29, 0.717) is 0 Å². The molecule has 58 valence electrons. The van der Waals surface area contributed by atoms with Gasteiger partial charge in [-0.05, 0) is 0 Å². The fourth-order valence-electron chi connectivity index (χ4n) is 0.537. The van der Waals surface area contributed by atoms with Crippen LogP contribution in [-0.2, 0) is 4.74 Å². The van der Waals surface area contributed by atoms with Crippen molar-refractivity contribution < 1.29 is 13.9 Å². The van der Waals surface area contributed by atoms with Crippen molar-refractivity contribution in [2.24, 2.45) is 0 Å². The highest BCUT2D eigenvalue weighted by Gasteiger charge is 2.05. The maximum Gasteiger partial charge on any atom is 0.343 e. The third kappa shape index (κ3) is 1.96. The number of alkyl halides is 1. The van der Waals surface area contributed by atoms with E-state index in [1.54, 1.807) is 0 Å². The van der Waals surface area contributed by atoms with Crippen molar-refractivity contribution in [1.29, 1.82) is 0 Å². The Bertz CT molecular complexity index is 240. The van der Waals surface area contributed by atoms with Crippen molar-refractivity contribution in [3.8, 4) is 0 Å². The Morgan fingerprint density at radius 2 is 2.18 bits per heavy atom. The second kappa shape index (κ2) is 3.60. The normalized spacial score (nSPS) is 9.18. The van der Waals surface area contributed by atoms with E-state index < -0.39 is 12.8 Å². The van der Waals surface area contributed by atoms with Crippen molar-refractivity contribution >= 4 is 5.97 Å². The minimum atomic E-state index is -1.13. The molecule has 0 atom stereocenters. The van der Waals surface area contributed by atoms with Gasteiger partial charge in [0.1, 0.15) is 6.33 Å². The van der Waals surface area contributed by atoms with Crippen LogP contribution in [0.25, 0.3) is 0 Å². The van der Waals surface area contributed by atoms with Gasteiger partial charge in [0.05, 0.1) is 5.56 Å². The molecule has 0 saturated carbocycles. The monoisotopic (exact) mass is 156 g/mol. The number of esters is 1. The Hall–Kier alpha value is -1.52. The van der Waals surface area contributed by atoms with Gasteiger partial charge in [-0.2, -0.15) is 0 Å². The second-order valence-electron chi connectivity index (χ2n) is 1.67. The molecule has 0 amide bonds. The number of ether oxygens (including phenoxy) is 1. The first-order chi connectivity index (χ1) is 5.34. The lowest BCUT2D eigenvalue weighted by Crippen LogP contribution is -2.04. The molecule has 0 saturated heterocycles. The first-order valence-electron chi connectivity index (χ1n) is 2.82. The van der Waals surface area contributed by atoms with E-state index in [4.69, 9.17) is 0 Å². The van der Waals surface area contributed by atoms with E-state index >= 15 is 0 Å². The van der Waals surface area contributed by atoms with Crippen molar-refractivity contribution in [2.75, 3.05) is 6.86 Å². The first-order valence-corrected chi connectivity index (χ1v) is 2.82. The molecule has 1 heterocycles. The smallest absolute Gasteiger partial charge is 0.343 e. The lowest BCUT2D eigenvalue weighted by molar-refractivity contribution is 0.0323. The van der Waals surface area contributed by atoms with Crippen LogP contribution in [0, 0.1) is 0 Å². The molecule has 0 aliphatic rings. The maximum atomic E-state index is 11.4. The number of nitrogens with zero attached hydrogens (tertiary/aromatic N) is 2. The van der Waals surface area contributed by atoms with E-state index in [1.165, 1.54) is 18.7 Å². The highest BCUT2D eigenvalue weighted by Crippen LogP contribution is 1.95. The lowest BCUT2D eigenvalue weighted by atomic mass is 10.4. The zero-order valence-corrected chi connectivity index (χ0v) is 5.53. The number of carbonyl (C=O) groups excluding carboxylic acids is 1. The molecule has 0 aliphatic heterocycles. The summed E-state index contributed by atoms with van der Waals surface area (Å²) >= 11 is 0. The van der Waals surface area contributed by atoms with E-state index in [0.717, 1.165) is 0 Å². The van der Waals surface area contributed by atoms with Gasteiger partial charge in [-0.15, -0.1) is 0 Å². The molecule has 0 radical (unpaired) electrons. The summed E-state index contributed by atoms with van der Waals surface area (Å²) < 4.78 is 15.5. The van der Waals surface area contributed by atoms with Crippen LogP contribution >= 0.6 is 0 Å². The van der Waals surface area contributed by atoms with Crippen LogP contribution in [0.1, 0.15) is 10.4 Å². The zero-order valence-electron chi connectivity index (χ0n) is 5.53. The SMILES string of the molecule is O=C(OCF)c1cncnc1. The molecule has 0 unspecified atom stereocenters. The summed E-state index contributed by atoms with van der Waals surface area (Å²) in [6.07, 6.45) is 3.78. The fourth-order valence-corrected chi connectivity index (χ4v) is 0.537. The predicted molar refractivity (Wildman–Crippen MR) is 33.4 cm³/mol. The van der Waals surface area contributed by atoms with Crippen LogP contribution in [0.3, 0.4) is 0 Å². The van der Waals surface area contributed by atoms with Crippen molar-refractivity contribution in [3.63, 3.8) is 0 Å². The van der Waals surface area contributed by atoms with Gasteiger partial charge in [0.2, 0.25) is 6.86 Å². The lowest BCUT2D eigenvalue weighted by Gasteiger charge is -1.96. The molecule has 1 rings (SSSR count). The van der Waals surface area contributed by atoms with Crippen LogP contribution in [0.5, 0.6) is 0 Å². The number of hydrogen-bond acceptors (Lipinski definition) is 4. The van der Waals surface area contributed by atoms with Gasteiger partial charge >= 0.3 is 5.97 Å². The summed E-state index contributed by atoms with van der Waals surface area (Å²) in [6, 6.07) is 0. The molecular formula is C6H5FN2O2. The maximum absolute atomic E-state index is 11.4. The number of rotatable bonds is 2. The summed E-state index contributed by atoms with van der Waals surface area (Å²) in [7, 11) is 0. The third-order valence-electron chi connectivity index (χ3n) is 0.982. The van der Waals surface area contributed by atoms with E-state index in [2.05, 4.69) is 14.7 Å². The molecule has 5 heteroatoms. The van der Waals surface area contributed by atoms with Gasteiger partial charge in [-0.1, -0.05) is 0 Å². The van der Waals surface area contributed by atoms with Crippen LogP contribution in [0.15, 0.2) is 18.7 Å². The molecule has 0 bridgehead atoms. The minimum Gasteiger partial charge on any atom is -0.430 e. The van der Waals surface area contributed by atoms with Crippen LogP contribution in [0.4, 0.5) is 4.39 Å². The molecule has 1 aromatic heterocycles. The number of aromatic nitrogens is 2. The molecule has 0 aliphatic carbocycles. The summed E-state index contributed by atoms with van der Waals surface area (Å²) in [5.74, 6) is -0.756. The first kappa shape index (κ1) is 7.59. The van der Waals surface area contributed by atoms with E-state index in [9.17, 15) is 9.18 Å². The highest BCUT2D eigenvalue weighted by molar-refractivity contribution is 5.88. The second-order valence-corrected chi connectivity index (χ2v) is 1.67. The number of hydrogen-bond donors (Lipinski definition) is 0. The molecule has 0 fully saturated rings. The fraction of sp³-hybridized carbons (Fsp3) is 0.167. The zero-order chi connectivity index (χ0) is 8.10. The van der Waals surface area contributed by atoms with Crippen LogP contribution in [0.2, 0.25) is 0 Å². The average Bonchev–Trinajstić information content (AvgIpc) is 2.07. The standard InChI is InChI=1S/C6H5FN2O2/c7-3-11-6(10)5-1-8-4-9-2-5/h1-2,4H,3H2. The molecule has 11 heavy (non-hydrogen) atoms. The van der Waals surface area contributed by atoms with Crippen LogP contribution < -0.4 is 0 Å². The summed E-state index contributed by atoms with van der Waals surface area (Å²) in [5, 5.41) is 0. The Kier molecular flexibility index (Phi) is 2.48. The molecular weight excluding hydrogens is 151 g/mol. The number of carbonyl (C=O) groups is 1. The van der Waals surface area contributed by atoms with E-state index in [1.807, 2.05) is 0 Å². The molecule has 0 aromatic carbocycles. The summed E-state index contributed by atoms with van der Waals surface area (Å²) in [6.45, 7) is -1.13. The summed E-state index contributed by atoms with van der Waals surface area (Å²) in [4.78, 5) is 17.8. The van der Waals surface area contributed by atoms with Gasteiger partial charge in [0, 0.05) is 12.4 Å². The molecule has 0 spiro atoms. The highest BCUT2D eigenvalue weighted by atomic mass is 19.1. The van der Waals surface area contributed by atoms with Gasteiger partial charge in [-0.3, -0.25) is 0 Å². The number of halogens is 1. The molecule has 1 aromatic rings. The topological polar surface area (TPSA) is 52.1 Å². The third-order valence-corrected chi connectivity index (χ3v) is 0.982. The quantitative estimate of drug-likeness (QED) is 0.587. The Balaban J connectivity index is 2.69. The van der Waals surface area contributed by atoms with Crippen molar-refractivity contribution in [2.45, 2.75) is 0 Å². The molecule has 4 nitrogen and oxygen atoms in total. The van der Waals surface area contributed by atoms with E-state index in [-0.39, 0.29) is 5.56 Å². The van der Waals surface area contributed by atoms with Gasteiger partial charge in [-0.25, -0.2) is 19.2 Å². The van der Waals surface area contributed by atoms with Gasteiger partial charge < -0.3 is 4.74 Å². The molecule has 0 N–H and O–H groups in total. The Morgan fingerprint density at radius 1 is 1.55 bits per heavy atom. The Labute approximate surface area is 62.0 Å². The largest absolute Gasteiger partial charge is 0.430 e. The Morgan fingerprint density at radius 3 is 2.73 bits per heavy atom. The van der Waals surface area contributed by atoms with Gasteiger partial charge in [0.25, 0.3) is 0 Å². The van der Waals surface area contributed by atoms with Gasteiger partial charge in [0.15, 0.2) is 0 Å². The minimum absolute atomic E-state index is 0.144. The summed E-state index contributed by atoms with van der Waals surface area (Å²) in [5.41, 5.74) is 0.144. The van der Waals surface area contributed by atoms with Crippen molar-refractivity contribution in [1.82, 2.24) is 9.97 Å².